The van der Waals surface area contributed by atoms with Gasteiger partial charge in [0, 0.05) is 12.1 Å². The van der Waals surface area contributed by atoms with E-state index in [9.17, 15) is 19.7 Å². The van der Waals surface area contributed by atoms with Crippen molar-refractivity contribution >= 4 is 23.6 Å². The molecule has 0 unspecified atom stereocenters. The van der Waals surface area contributed by atoms with Crippen LogP contribution in [0.3, 0.4) is 0 Å². The molecule has 150 valence electrons. The maximum Gasteiger partial charge on any atom is 0.331 e. The number of ether oxygens (including phenoxy) is 3. The van der Waals surface area contributed by atoms with Crippen molar-refractivity contribution in [3.8, 4) is 11.5 Å². The number of amides is 1. The topological polar surface area (TPSA) is 117 Å². The van der Waals surface area contributed by atoms with Gasteiger partial charge in [-0.15, -0.1) is 0 Å². The van der Waals surface area contributed by atoms with Crippen LogP contribution in [-0.2, 0) is 14.3 Å². The number of rotatable bonds is 6. The van der Waals surface area contributed by atoms with E-state index in [-0.39, 0.29) is 35.7 Å². The van der Waals surface area contributed by atoms with Crippen LogP contribution in [0.4, 0.5) is 5.69 Å². The van der Waals surface area contributed by atoms with E-state index in [0.717, 1.165) is 31.8 Å². The lowest BCUT2D eigenvalue weighted by Crippen LogP contribution is -2.42. The minimum Gasteiger partial charge on any atom is -0.454 e. The second-order valence-electron chi connectivity index (χ2n) is 6.78. The van der Waals surface area contributed by atoms with E-state index in [1.54, 1.807) is 0 Å². The summed E-state index contributed by atoms with van der Waals surface area (Å²) < 4.78 is 15.4. The molecule has 0 spiro atoms. The molecule has 3 rings (SSSR count). The Morgan fingerprint density at radius 3 is 2.61 bits per heavy atom. The van der Waals surface area contributed by atoms with Crippen LogP contribution in [0.25, 0.3) is 6.08 Å². The third kappa shape index (κ3) is 4.79. The molecule has 28 heavy (non-hydrogen) atoms. The van der Waals surface area contributed by atoms with E-state index in [2.05, 4.69) is 5.32 Å². The molecular weight excluding hydrogens is 368 g/mol. The van der Waals surface area contributed by atoms with Gasteiger partial charge < -0.3 is 19.5 Å². The lowest BCUT2D eigenvalue weighted by Gasteiger charge is -2.24. The number of nitro benzene ring substituents is 1. The average molecular weight is 390 g/mol. The molecule has 2 aliphatic rings. The van der Waals surface area contributed by atoms with Gasteiger partial charge in [0.2, 0.25) is 6.79 Å². The molecule has 1 heterocycles. The summed E-state index contributed by atoms with van der Waals surface area (Å²) in [5, 5.41) is 14.1. The third-order valence-corrected chi connectivity index (χ3v) is 4.73. The van der Waals surface area contributed by atoms with Crippen molar-refractivity contribution in [2.45, 2.75) is 51.2 Å². The highest BCUT2D eigenvalue weighted by Gasteiger charge is 2.23. The minimum atomic E-state index is -0.953. The second-order valence-corrected chi connectivity index (χ2v) is 6.78. The summed E-state index contributed by atoms with van der Waals surface area (Å²) in [7, 11) is 0. The first kappa shape index (κ1) is 19.7. The van der Waals surface area contributed by atoms with Crippen LogP contribution in [0.2, 0.25) is 0 Å². The molecule has 1 N–H and O–H groups in total. The predicted molar refractivity (Wildman–Crippen MR) is 98.8 cm³/mol. The summed E-state index contributed by atoms with van der Waals surface area (Å²) in [4.78, 5) is 34.8. The quantitative estimate of drug-likeness (QED) is 0.343. The van der Waals surface area contributed by atoms with Gasteiger partial charge in [0.15, 0.2) is 17.6 Å². The van der Waals surface area contributed by atoms with Gasteiger partial charge in [-0.25, -0.2) is 4.79 Å². The lowest BCUT2D eigenvalue weighted by molar-refractivity contribution is -0.385. The zero-order valence-corrected chi connectivity index (χ0v) is 15.5. The van der Waals surface area contributed by atoms with Crippen molar-refractivity contribution < 1.29 is 28.7 Å². The third-order valence-electron chi connectivity index (χ3n) is 4.73. The molecule has 1 aromatic rings. The fourth-order valence-corrected chi connectivity index (χ4v) is 3.23. The molecule has 1 aliphatic carbocycles. The highest BCUT2D eigenvalue weighted by Crippen LogP contribution is 2.38. The number of nitrogens with zero attached hydrogens (tertiary/aromatic N) is 1. The summed E-state index contributed by atoms with van der Waals surface area (Å²) in [6, 6.07) is 2.78. The lowest BCUT2D eigenvalue weighted by atomic mass is 9.95. The van der Waals surface area contributed by atoms with E-state index < -0.39 is 17.0 Å². The number of nitro groups is 1. The highest BCUT2D eigenvalue weighted by molar-refractivity contribution is 5.91. The van der Waals surface area contributed by atoms with E-state index in [1.165, 1.54) is 31.6 Å². The fourth-order valence-electron chi connectivity index (χ4n) is 3.23. The van der Waals surface area contributed by atoms with Gasteiger partial charge in [-0.3, -0.25) is 14.9 Å². The summed E-state index contributed by atoms with van der Waals surface area (Å²) in [6.45, 7) is 1.47. The van der Waals surface area contributed by atoms with E-state index >= 15 is 0 Å². The normalized spacial score (nSPS) is 17.3. The largest absolute Gasteiger partial charge is 0.454 e. The standard InChI is InChI=1S/C19H22N2O7/c1-12(19(23)20-14-5-3-2-4-6-14)28-18(22)8-7-13-9-16-17(27-11-26-16)10-15(13)21(24)25/h7-10,12,14H,2-6,11H2,1H3,(H,20,23)/b8-7+/t12-/m0/s1. The molecule has 1 fully saturated rings. The van der Waals surface area contributed by atoms with Gasteiger partial charge in [0.25, 0.3) is 11.6 Å². The predicted octanol–water partition coefficient (Wildman–Crippen LogP) is 2.72. The number of nitrogens with one attached hydrogen (secondary N) is 1. The van der Waals surface area contributed by atoms with Crippen molar-refractivity contribution in [2.75, 3.05) is 6.79 Å². The second kappa shape index (κ2) is 8.73. The van der Waals surface area contributed by atoms with Crippen molar-refractivity contribution in [1.29, 1.82) is 0 Å². The monoisotopic (exact) mass is 390 g/mol. The molecule has 9 nitrogen and oxygen atoms in total. The number of carbonyl (C=O) groups is 2. The molecule has 1 aromatic carbocycles. The number of hydrogen-bond donors (Lipinski definition) is 1. The van der Waals surface area contributed by atoms with Gasteiger partial charge in [0.05, 0.1) is 16.6 Å². The van der Waals surface area contributed by atoms with Gasteiger partial charge in [-0.2, -0.15) is 0 Å². The molecule has 1 atom stereocenters. The summed E-state index contributed by atoms with van der Waals surface area (Å²) in [6.07, 6.45) is 6.55. The molecule has 1 saturated carbocycles. The Kier molecular flexibility index (Phi) is 6.13. The van der Waals surface area contributed by atoms with Crippen molar-refractivity contribution in [2.24, 2.45) is 0 Å². The van der Waals surface area contributed by atoms with Crippen molar-refractivity contribution in [1.82, 2.24) is 5.32 Å². The zero-order chi connectivity index (χ0) is 20.1. The molecule has 0 bridgehead atoms. The van der Waals surface area contributed by atoms with Gasteiger partial charge in [-0.1, -0.05) is 19.3 Å². The van der Waals surface area contributed by atoms with Crippen LogP contribution in [0, 0.1) is 10.1 Å². The van der Waals surface area contributed by atoms with Crippen LogP contribution < -0.4 is 14.8 Å². The Morgan fingerprint density at radius 1 is 1.25 bits per heavy atom. The number of fused-ring (bicyclic) bond motifs is 1. The summed E-state index contributed by atoms with van der Waals surface area (Å²) in [5.74, 6) is -0.473. The average Bonchev–Trinajstić information content (AvgIpc) is 3.13. The Bertz CT molecular complexity index is 800. The molecule has 1 amide bonds. The highest BCUT2D eigenvalue weighted by atomic mass is 16.7. The van der Waals surface area contributed by atoms with Crippen LogP contribution in [-0.4, -0.2) is 35.7 Å². The molecule has 0 aromatic heterocycles. The number of hydrogen-bond acceptors (Lipinski definition) is 7. The number of esters is 1. The van der Waals surface area contributed by atoms with Crippen LogP contribution in [0.5, 0.6) is 11.5 Å². The zero-order valence-electron chi connectivity index (χ0n) is 15.5. The van der Waals surface area contributed by atoms with Gasteiger partial charge in [0.1, 0.15) is 0 Å². The van der Waals surface area contributed by atoms with Crippen molar-refractivity contribution in [3.05, 3.63) is 33.9 Å². The smallest absolute Gasteiger partial charge is 0.331 e. The molecule has 9 heteroatoms. The Hall–Kier alpha value is -3.10. The molecular formula is C19H22N2O7. The molecule has 0 radical (unpaired) electrons. The number of benzene rings is 1. The SMILES string of the molecule is C[C@H](OC(=O)/C=C/c1cc2c(cc1[N+](=O)[O-])OCO2)C(=O)NC1CCCCC1. The summed E-state index contributed by atoms with van der Waals surface area (Å²) >= 11 is 0. The van der Waals surface area contributed by atoms with Crippen LogP contribution >= 0.6 is 0 Å². The Morgan fingerprint density at radius 2 is 1.93 bits per heavy atom. The Labute approximate surface area is 161 Å². The van der Waals surface area contributed by atoms with E-state index in [0.29, 0.717) is 5.75 Å². The first-order chi connectivity index (χ1) is 13.4. The maximum atomic E-state index is 12.2. The first-order valence-electron chi connectivity index (χ1n) is 9.21. The van der Waals surface area contributed by atoms with Gasteiger partial charge >= 0.3 is 5.97 Å². The van der Waals surface area contributed by atoms with Crippen molar-refractivity contribution in [3.63, 3.8) is 0 Å². The van der Waals surface area contributed by atoms with Gasteiger partial charge in [-0.05, 0) is 31.9 Å². The van der Waals surface area contributed by atoms with E-state index in [1.807, 2.05) is 0 Å². The Balaban J connectivity index is 1.60. The molecule has 1 aliphatic heterocycles. The number of carbonyl (C=O) groups excluding carboxylic acids is 2. The fraction of sp³-hybridized carbons (Fsp3) is 0.474. The summed E-state index contributed by atoms with van der Waals surface area (Å²) in [5.41, 5.74) is -0.0538. The van der Waals surface area contributed by atoms with Crippen LogP contribution in [0.15, 0.2) is 18.2 Å². The first-order valence-corrected chi connectivity index (χ1v) is 9.21. The maximum absolute atomic E-state index is 12.2. The van der Waals surface area contributed by atoms with Crippen LogP contribution in [0.1, 0.15) is 44.6 Å². The molecule has 0 saturated heterocycles. The van der Waals surface area contributed by atoms with E-state index in [4.69, 9.17) is 14.2 Å². The minimum absolute atomic E-state index is 0.0185.